The molecule has 0 aliphatic carbocycles. The molecular formula is C20H18N2OS. The number of carbonyl (C=O) groups is 1. The number of hydrogen-bond donors (Lipinski definition) is 1. The van der Waals surface area contributed by atoms with Crippen LogP contribution < -0.4 is 5.32 Å². The second-order valence-electron chi connectivity index (χ2n) is 6.86. The van der Waals surface area contributed by atoms with Crippen LogP contribution >= 0.6 is 11.3 Å². The fourth-order valence-corrected chi connectivity index (χ4v) is 5.45. The molecule has 4 heteroatoms. The number of anilines is 1. The predicted octanol–water partition coefficient (Wildman–Crippen LogP) is 4.51. The first-order valence-electron chi connectivity index (χ1n) is 8.29. The van der Waals surface area contributed by atoms with Crippen molar-refractivity contribution >= 4 is 33.0 Å². The van der Waals surface area contributed by atoms with Gasteiger partial charge in [-0.2, -0.15) is 0 Å². The zero-order valence-electron chi connectivity index (χ0n) is 13.7. The molecule has 1 amide bonds. The average Bonchev–Trinajstić information content (AvgIpc) is 2.96. The first-order chi connectivity index (χ1) is 11.6. The number of rotatable bonds is 0. The molecule has 120 valence electrons. The Kier molecular flexibility index (Phi) is 2.70. The molecule has 24 heavy (non-hydrogen) atoms. The minimum absolute atomic E-state index is 0.137. The van der Waals surface area contributed by atoms with E-state index in [1.165, 1.54) is 20.5 Å². The highest BCUT2D eigenvalue weighted by Crippen LogP contribution is 2.47. The third-order valence-electron chi connectivity index (χ3n) is 5.29. The Labute approximate surface area is 144 Å². The number of aryl methyl sites for hydroxylation is 1. The summed E-state index contributed by atoms with van der Waals surface area (Å²) in [6, 6.07) is 14.6. The summed E-state index contributed by atoms with van der Waals surface area (Å²) in [6.45, 7) is 4.92. The normalized spacial score (nSPS) is 21.9. The summed E-state index contributed by atoms with van der Waals surface area (Å²) in [5, 5.41) is 5.00. The van der Waals surface area contributed by atoms with Crippen molar-refractivity contribution in [1.29, 1.82) is 0 Å². The van der Waals surface area contributed by atoms with Crippen molar-refractivity contribution in [2.75, 3.05) is 11.9 Å². The van der Waals surface area contributed by atoms with E-state index >= 15 is 0 Å². The highest BCUT2D eigenvalue weighted by atomic mass is 32.1. The van der Waals surface area contributed by atoms with Gasteiger partial charge in [0.15, 0.2) is 0 Å². The second-order valence-corrected chi connectivity index (χ2v) is 7.91. The van der Waals surface area contributed by atoms with Gasteiger partial charge in [-0.1, -0.05) is 29.8 Å². The van der Waals surface area contributed by atoms with E-state index in [2.05, 4.69) is 42.6 Å². The first kappa shape index (κ1) is 14.1. The Bertz CT molecular complexity index is 1010. The van der Waals surface area contributed by atoms with Crippen LogP contribution in [0.15, 0.2) is 42.5 Å². The number of carbonyl (C=O) groups excluding carboxylic acids is 1. The van der Waals surface area contributed by atoms with E-state index in [4.69, 9.17) is 0 Å². The molecule has 3 heterocycles. The molecule has 0 saturated carbocycles. The molecule has 5 rings (SSSR count). The van der Waals surface area contributed by atoms with E-state index in [0.29, 0.717) is 0 Å². The smallest absolute Gasteiger partial charge is 0.258 e. The standard InChI is InChI=1S/C20H18N2OS/c1-12-7-8-16-15(11-12)19(23)22-10-9-14-13-5-3-4-6-17(13)24-18(14)20(22,2)21-16/h3-8,11,21H,9-10H2,1-2H3. The number of thiophene rings is 1. The van der Waals surface area contributed by atoms with Gasteiger partial charge in [-0.3, -0.25) is 4.79 Å². The van der Waals surface area contributed by atoms with Gasteiger partial charge in [0.05, 0.1) is 10.4 Å². The second kappa shape index (κ2) is 4.61. The van der Waals surface area contributed by atoms with Gasteiger partial charge in [0, 0.05) is 16.9 Å². The molecule has 1 N–H and O–H groups in total. The first-order valence-corrected chi connectivity index (χ1v) is 9.11. The van der Waals surface area contributed by atoms with Gasteiger partial charge < -0.3 is 10.2 Å². The van der Waals surface area contributed by atoms with Gasteiger partial charge in [-0.15, -0.1) is 11.3 Å². The molecule has 1 atom stereocenters. The maximum absolute atomic E-state index is 13.1. The van der Waals surface area contributed by atoms with Crippen molar-refractivity contribution in [3.8, 4) is 0 Å². The predicted molar refractivity (Wildman–Crippen MR) is 98.7 cm³/mol. The molecule has 0 radical (unpaired) electrons. The lowest BCUT2D eigenvalue weighted by atomic mass is 9.90. The summed E-state index contributed by atoms with van der Waals surface area (Å²) < 4.78 is 1.30. The number of fused-ring (bicyclic) bond motifs is 6. The van der Waals surface area contributed by atoms with Crippen LogP contribution in [0.1, 0.15) is 33.3 Å². The van der Waals surface area contributed by atoms with Crippen molar-refractivity contribution < 1.29 is 4.79 Å². The van der Waals surface area contributed by atoms with E-state index in [1.54, 1.807) is 0 Å². The van der Waals surface area contributed by atoms with Gasteiger partial charge in [0.2, 0.25) is 0 Å². The molecule has 1 aromatic heterocycles. The monoisotopic (exact) mass is 334 g/mol. The Morgan fingerprint density at radius 2 is 2.04 bits per heavy atom. The molecule has 2 aromatic carbocycles. The Morgan fingerprint density at radius 1 is 1.21 bits per heavy atom. The summed E-state index contributed by atoms with van der Waals surface area (Å²) in [5.41, 5.74) is 3.78. The number of nitrogens with zero attached hydrogens (tertiary/aromatic N) is 1. The van der Waals surface area contributed by atoms with E-state index in [-0.39, 0.29) is 5.91 Å². The molecule has 2 aliphatic heterocycles. The number of benzene rings is 2. The SMILES string of the molecule is Cc1ccc2c(c1)C(=O)N1CCc3c(sc4ccccc34)C1(C)N2. The third-order valence-corrected chi connectivity index (χ3v) is 6.72. The topological polar surface area (TPSA) is 32.3 Å². The summed E-state index contributed by atoms with van der Waals surface area (Å²) in [6.07, 6.45) is 0.920. The van der Waals surface area contributed by atoms with Gasteiger partial charge in [-0.25, -0.2) is 0 Å². The fourth-order valence-electron chi connectivity index (χ4n) is 4.09. The van der Waals surface area contributed by atoms with Crippen molar-refractivity contribution in [3.05, 3.63) is 64.0 Å². The summed E-state index contributed by atoms with van der Waals surface area (Å²) >= 11 is 1.81. The van der Waals surface area contributed by atoms with Crippen LogP contribution in [0.4, 0.5) is 5.69 Å². The minimum atomic E-state index is -0.462. The highest BCUT2D eigenvalue weighted by Gasteiger charge is 2.47. The number of amides is 1. The van der Waals surface area contributed by atoms with Crippen LogP contribution in [-0.2, 0) is 12.1 Å². The lowest BCUT2D eigenvalue weighted by molar-refractivity contribution is 0.0518. The van der Waals surface area contributed by atoms with Gasteiger partial charge in [-0.05, 0) is 49.4 Å². The van der Waals surface area contributed by atoms with Crippen molar-refractivity contribution in [3.63, 3.8) is 0 Å². The molecular weight excluding hydrogens is 316 g/mol. The maximum atomic E-state index is 13.1. The van der Waals surface area contributed by atoms with Crippen LogP contribution in [0, 0.1) is 6.92 Å². The zero-order valence-corrected chi connectivity index (χ0v) is 14.5. The molecule has 0 spiro atoms. The van der Waals surface area contributed by atoms with E-state index in [1.807, 2.05) is 35.3 Å². The van der Waals surface area contributed by atoms with Crippen LogP contribution in [0.25, 0.3) is 10.1 Å². The molecule has 0 bridgehead atoms. The van der Waals surface area contributed by atoms with Crippen LogP contribution in [0.5, 0.6) is 0 Å². The molecule has 0 saturated heterocycles. The Morgan fingerprint density at radius 3 is 2.92 bits per heavy atom. The van der Waals surface area contributed by atoms with Crippen molar-refractivity contribution in [2.45, 2.75) is 25.9 Å². The van der Waals surface area contributed by atoms with Crippen LogP contribution in [0.3, 0.4) is 0 Å². The molecule has 3 aromatic rings. The van der Waals surface area contributed by atoms with E-state index in [0.717, 1.165) is 29.8 Å². The zero-order chi connectivity index (χ0) is 16.5. The average molecular weight is 334 g/mol. The van der Waals surface area contributed by atoms with Crippen molar-refractivity contribution in [2.24, 2.45) is 0 Å². The minimum Gasteiger partial charge on any atom is -0.358 e. The fraction of sp³-hybridized carbons (Fsp3) is 0.250. The van der Waals surface area contributed by atoms with Gasteiger partial charge in [0.25, 0.3) is 5.91 Å². The van der Waals surface area contributed by atoms with E-state index < -0.39 is 5.66 Å². The highest BCUT2D eigenvalue weighted by molar-refractivity contribution is 7.19. The number of hydrogen-bond acceptors (Lipinski definition) is 3. The Hall–Kier alpha value is -2.33. The van der Waals surface area contributed by atoms with Crippen LogP contribution in [0.2, 0.25) is 0 Å². The molecule has 3 nitrogen and oxygen atoms in total. The summed E-state index contributed by atoms with van der Waals surface area (Å²) in [4.78, 5) is 16.4. The Balaban J connectivity index is 1.75. The molecule has 2 aliphatic rings. The molecule has 1 unspecified atom stereocenters. The summed E-state index contributed by atoms with van der Waals surface area (Å²) in [7, 11) is 0. The van der Waals surface area contributed by atoms with Gasteiger partial charge >= 0.3 is 0 Å². The third kappa shape index (κ3) is 1.69. The number of nitrogens with one attached hydrogen (secondary N) is 1. The van der Waals surface area contributed by atoms with Crippen molar-refractivity contribution in [1.82, 2.24) is 4.90 Å². The van der Waals surface area contributed by atoms with Gasteiger partial charge in [0.1, 0.15) is 5.66 Å². The lowest BCUT2D eigenvalue weighted by Gasteiger charge is -2.49. The largest absolute Gasteiger partial charge is 0.358 e. The van der Waals surface area contributed by atoms with Crippen LogP contribution in [-0.4, -0.2) is 17.4 Å². The summed E-state index contributed by atoms with van der Waals surface area (Å²) in [5.74, 6) is 0.137. The quantitative estimate of drug-likeness (QED) is 0.656. The van der Waals surface area contributed by atoms with E-state index in [9.17, 15) is 4.79 Å². The molecule has 0 fully saturated rings. The maximum Gasteiger partial charge on any atom is 0.258 e. The lowest BCUT2D eigenvalue weighted by Crippen LogP contribution is -2.58.